The van der Waals surface area contributed by atoms with Gasteiger partial charge in [-0.1, -0.05) is 26.2 Å². The molecule has 0 aromatic carbocycles. The normalized spacial score (nSPS) is 12.2. The predicted octanol–water partition coefficient (Wildman–Crippen LogP) is 3.04. The Morgan fingerprint density at radius 2 is 2.00 bits per heavy atom. The van der Waals surface area contributed by atoms with Gasteiger partial charge >= 0.3 is 6.18 Å². The number of anilines is 1. The van der Waals surface area contributed by atoms with Crippen LogP contribution in [-0.4, -0.2) is 44.1 Å². The Kier molecular flexibility index (Phi) is 8.67. The summed E-state index contributed by atoms with van der Waals surface area (Å²) in [6.07, 6.45) is 2.10. The standard InChI is InChI=1S/C19H23F3N6O3/c1-2-3-4-5-14(11-28(31)12-29)17(30)27-26-16-15(13-6-8-23-9-7-13)10-24-18(25-16)19(20,21)22/h6-10,12,14,31H,2-5,11H2,1H3,(H,27,30)(H,24,25,26)/t14-/m1/s1. The van der Waals surface area contributed by atoms with Gasteiger partial charge in [0.25, 0.3) is 0 Å². The number of halogens is 3. The van der Waals surface area contributed by atoms with Crippen LogP contribution in [0.3, 0.4) is 0 Å². The Morgan fingerprint density at radius 3 is 2.61 bits per heavy atom. The Bertz CT molecular complexity index is 867. The molecule has 2 aromatic heterocycles. The van der Waals surface area contributed by atoms with E-state index in [0.29, 0.717) is 23.5 Å². The van der Waals surface area contributed by atoms with E-state index in [4.69, 9.17) is 0 Å². The van der Waals surface area contributed by atoms with Gasteiger partial charge in [-0.15, -0.1) is 0 Å². The Balaban J connectivity index is 2.23. The van der Waals surface area contributed by atoms with E-state index < -0.39 is 23.8 Å². The van der Waals surface area contributed by atoms with E-state index in [1.807, 2.05) is 6.92 Å². The molecule has 2 heterocycles. The molecule has 0 fully saturated rings. The zero-order chi connectivity index (χ0) is 22.9. The van der Waals surface area contributed by atoms with Gasteiger partial charge in [-0.2, -0.15) is 13.2 Å². The largest absolute Gasteiger partial charge is 0.451 e. The van der Waals surface area contributed by atoms with Gasteiger partial charge in [-0.05, 0) is 24.1 Å². The molecule has 0 aliphatic rings. The molecule has 3 N–H and O–H groups in total. The number of hydrogen-bond acceptors (Lipinski definition) is 7. The van der Waals surface area contributed by atoms with Gasteiger partial charge in [0.1, 0.15) is 0 Å². The number of rotatable bonds is 11. The van der Waals surface area contributed by atoms with Crippen LogP contribution in [0.15, 0.2) is 30.7 Å². The first-order valence-corrected chi connectivity index (χ1v) is 9.57. The SMILES string of the molecule is CCCCC[C@H](CN(O)C=O)C(=O)NNc1nc(C(F)(F)F)ncc1-c1ccncc1. The molecule has 2 amide bonds. The molecule has 0 saturated carbocycles. The molecule has 0 saturated heterocycles. The fraction of sp³-hybridized carbons (Fsp3) is 0.421. The lowest BCUT2D eigenvalue weighted by molar-refractivity contribution is -0.154. The third kappa shape index (κ3) is 7.17. The third-order valence-corrected chi connectivity index (χ3v) is 4.39. The number of unbranched alkanes of at least 4 members (excludes halogenated alkanes) is 2. The summed E-state index contributed by atoms with van der Waals surface area (Å²) in [7, 11) is 0. The fourth-order valence-corrected chi connectivity index (χ4v) is 2.79. The first-order chi connectivity index (χ1) is 14.8. The van der Waals surface area contributed by atoms with Crippen LogP contribution in [0.25, 0.3) is 11.1 Å². The Labute approximate surface area is 176 Å². The smallest absolute Gasteiger partial charge is 0.286 e. The molecule has 0 aliphatic carbocycles. The quantitative estimate of drug-likeness (QED) is 0.213. The molecule has 31 heavy (non-hydrogen) atoms. The second-order valence-electron chi connectivity index (χ2n) is 6.72. The zero-order valence-electron chi connectivity index (χ0n) is 16.8. The van der Waals surface area contributed by atoms with Crippen molar-refractivity contribution in [2.75, 3.05) is 12.0 Å². The van der Waals surface area contributed by atoms with E-state index >= 15 is 0 Å². The summed E-state index contributed by atoms with van der Waals surface area (Å²) in [6, 6.07) is 3.11. The van der Waals surface area contributed by atoms with Gasteiger partial charge in [0.2, 0.25) is 18.1 Å². The van der Waals surface area contributed by atoms with Crippen molar-refractivity contribution in [3.63, 3.8) is 0 Å². The molecule has 9 nitrogen and oxygen atoms in total. The molecule has 0 radical (unpaired) electrons. The molecule has 0 unspecified atom stereocenters. The van der Waals surface area contributed by atoms with E-state index in [0.717, 1.165) is 19.0 Å². The molecular formula is C19H23F3N6O3. The molecule has 168 valence electrons. The summed E-state index contributed by atoms with van der Waals surface area (Å²) >= 11 is 0. The number of hydroxylamine groups is 2. The predicted molar refractivity (Wildman–Crippen MR) is 104 cm³/mol. The molecular weight excluding hydrogens is 417 g/mol. The zero-order valence-corrected chi connectivity index (χ0v) is 16.8. The molecule has 2 rings (SSSR count). The van der Waals surface area contributed by atoms with Gasteiger partial charge in [-0.3, -0.25) is 30.6 Å². The lowest BCUT2D eigenvalue weighted by Gasteiger charge is -2.20. The molecule has 1 atom stereocenters. The van der Waals surface area contributed by atoms with Crippen molar-refractivity contribution in [1.29, 1.82) is 0 Å². The van der Waals surface area contributed by atoms with Gasteiger partial charge in [-0.25, -0.2) is 15.0 Å². The average molecular weight is 440 g/mol. The number of amides is 2. The number of carbonyl (C=O) groups is 2. The van der Waals surface area contributed by atoms with Gasteiger partial charge in [0.15, 0.2) is 5.82 Å². The van der Waals surface area contributed by atoms with Crippen LogP contribution in [0.2, 0.25) is 0 Å². The highest BCUT2D eigenvalue weighted by Gasteiger charge is 2.35. The summed E-state index contributed by atoms with van der Waals surface area (Å²) < 4.78 is 39.2. The lowest BCUT2D eigenvalue weighted by Crippen LogP contribution is -2.40. The molecule has 0 aliphatic heterocycles. The highest BCUT2D eigenvalue weighted by atomic mass is 19.4. The minimum absolute atomic E-state index is 0.176. The first-order valence-electron chi connectivity index (χ1n) is 9.57. The number of carbonyl (C=O) groups excluding carboxylic acids is 2. The monoisotopic (exact) mass is 440 g/mol. The van der Waals surface area contributed by atoms with Crippen molar-refractivity contribution in [3.05, 3.63) is 36.5 Å². The summed E-state index contributed by atoms with van der Waals surface area (Å²) in [5, 5.41) is 9.80. The highest BCUT2D eigenvalue weighted by molar-refractivity contribution is 5.82. The number of hydrazine groups is 1. The van der Waals surface area contributed by atoms with Crippen LogP contribution in [0.1, 0.15) is 38.4 Å². The van der Waals surface area contributed by atoms with E-state index in [9.17, 15) is 28.0 Å². The number of nitrogens with zero attached hydrogens (tertiary/aromatic N) is 4. The van der Waals surface area contributed by atoms with Crippen LogP contribution >= 0.6 is 0 Å². The van der Waals surface area contributed by atoms with Gasteiger partial charge < -0.3 is 0 Å². The van der Waals surface area contributed by atoms with E-state index in [1.54, 1.807) is 12.1 Å². The third-order valence-electron chi connectivity index (χ3n) is 4.39. The van der Waals surface area contributed by atoms with Gasteiger partial charge in [0, 0.05) is 24.2 Å². The van der Waals surface area contributed by atoms with Crippen LogP contribution in [0.4, 0.5) is 19.0 Å². The maximum Gasteiger partial charge on any atom is 0.451 e. The van der Waals surface area contributed by atoms with Crippen LogP contribution in [-0.2, 0) is 15.8 Å². The van der Waals surface area contributed by atoms with Crippen molar-refractivity contribution in [1.82, 2.24) is 25.4 Å². The average Bonchev–Trinajstić information content (AvgIpc) is 2.76. The van der Waals surface area contributed by atoms with Crippen molar-refractivity contribution in [3.8, 4) is 11.1 Å². The summed E-state index contributed by atoms with van der Waals surface area (Å²) in [5.41, 5.74) is 5.46. The van der Waals surface area contributed by atoms with Crippen molar-refractivity contribution < 1.29 is 28.0 Å². The van der Waals surface area contributed by atoms with Crippen LogP contribution in [0, 0.1) is 5.92 Å². The second kappa shape index (κ2) is 11.2. The minimum Gasteiger partial charge on any atom is -0.286 e. The number of nitrogens with one attached hydrogen (secondary N) is 2. The van der Waals surface area contributed by atoms with E-state index in [-0.39, 0.29) is 24.3 Å². The summed E-state index contributed by atoms with van der Waals surface area (Å²) in [6.45, 7) is 1.73. The first kappa shape index (κ1) is 24.0. The Morgan fingerprint density at radius 1 is 1.29 bits per heavy atom. The maximum atomic E-state index is 13.1. The fourth-order valence-electron chi connectivity index (χ4n) is 2.79. The van der Waals surface area contributed by atoms with Gasteiger partial charge in [0.05, 0.1) is 12.5 Å². The number of pyridine rings is 1. The van der Waals surface area contributed by atoms with Crippen LogP contribution < -0.4 is 10.9 Å². The molecule has 12 heteroatoms. The minimum atomic E-state index is -4.78. The lowest BCUT2D eigenvalue weighted by atomic mass is 10.0. The van der Waals surface area contributed by atoms with E-state index in [1.165, 1.54) is 12.4 Å². The maximum absolute atomic E-state index is 13.1. The van der Waals surface area contributed by atoms with Crippen molar-refractivity contribution in [2.24, 2.45) is 5.92 Å². The highest BCUT2D eigenvalue weighted by Crippen LogP contribution is 2.31. The van der Waals surface area contributed by atoms with Crippen molar-refractivity contribution in [2.45, 2.75) is 38.8 Å². The number of hydrogen-bond donors (Lipinski definition) is 3. The molecule has 2 aromatic rings. The van der Waals surface area contributed by atoms with Crippen molar-refractivity contribution >= 4 is 18.1 Å². The van der Waals surface area contributed by atoms with E-state index in [2.05, 4.69) is 25.8 Å². The summed E-state index contributed by atoms with van der Waals surface area (Å²) in [5.74, 6) is -3.01. The van der Waals surface area contributed by atoms with Crippen LogP contribution in [0.5, 0.6) is 0 Å². The molecule has 0 bridgehead atoms. The number of alkyl halides is 3. The number of aromatic nitrogens is 3. The second-order valence-corrected chi connectivity index (χ2v) is 6.72. The topological polar surface area (TPSA) is 120 Å². The molecule has 0 spiro atoms. The Hall–Kier alpha value is -3.28. The summed E-state index contributed by atoms with van der Waals surface area (Å²) in [4.78, 5) is 34.0.